The van der Waals surface area contributed by atoms with Crippen molar-refractivity contribution >= 4 is 17.0 Å². The lowest BCUT2D eigenvalue weighted by molar-refractivity contribution is 0.626. The molecule has 0 atom stereocenters. The van der Waals surface area contributed by atoms with E-state index in [4.69, 9.17) is 5.73 Å². The highest BCUT2D eigenvalue weighted by atomic mass is 19.1. The van der Waals surface area contributed by atoms with Crippen molar-refractivity contribution in [3.05, 3.63) is 83.6 Å². The van der Waals surface area contributed by atoms with Crippen molar-refractivity contribution in [3.63, 3.8) is 0 Å². The van der Waals surface area contributed by atoms with Gasteiger partial charge in [-0.15, -0.1) is 0 Å². The van der Waals surface area contributed by atoms with Crippen LogP contribution in [-0.2, 0) is 6.42 Å². The average Bonchev–Trinajstić information content (AvgIpc) is 2.62. The van der Waals surface area contributed by atoms with Crippen molar-refractivity contribution in [3.8, 4) is 11.3 Å². The summed E-state index contributed by atoms with van der Waals surface area (Å²) < 4.78 is 26.6. The molecule has 0 fully saturated rings. The molecule has 0 saturated heterocycles. The van der Waals surface area contributed by atoms with Crippen LogP contribution in [0.5, 0.6) is 0 Å². The van der Waals surface area contributed by atoms with Crippen molar-refractivity contribution in [2.45, 2.75) is 6.42 Å². The average molecular weight is 348 g/mol. The van der Waals surface area contributed by atoms with E-state index in [0.29, 0.717) is 28.8 Å². The third-order valence-corrected chi connectivity index (χ3v) is 4.03. The first-order valence-electron chi connectivity index (χ1n) is 8.02. The Kier molecular flexibility index (Phi) is 4.01. The van der Waals surface area contributed by atoms with Gasteiger partial charge in [0, 0.05) is 12.0 Å². The van der Waals surface area contributed by atoms with Crippen LogP contribution in [0.15, 0.2) is 60.7 Å². The molecule has 128 valence electrons. The fraction of sp³-hybridized carbons (Fsp3) is 0.0500. The third-order valence-electron chi connectivity index (χ3n) is 4.03. The summed E-state index contributed by atoms with van der Waals surface area (Å²) in [6, 6.07) is 16.0. The molecule has 0 unspecified atom stereocenters. The molecule has 0 saturated carbocycles. The second-order valence-electron chi connectivity index (χ2n) is 5.91. The molecule has 0 amide bonds. The van der Waals surface area contributed by atoms with Crippen LogP contribution in [0.2, 0.25) is 0 Å². The number of pyridine rings is 1. The quantitative estimate of drug-likeness (QED) is 0.604. The number of fused-ring (bicyclic) bond motifs is 1. The number of halogens is 2. The van der Waals surface area contributed by atoms with Gasteiger partial charge in [0.05, 0.1) is 16.9 Å². The second kappa shape index (κ2) is 6.48. The zero-order valence-electron chi connectivity index (χ0n) is 13.7. The summed E-state index contributed by atoms with van der Waals surface area (Å²) in [6.07, 6.45) is 0.376. The fourth-order valence-electron chi connectivity index (χ4n) is 2.84. The number of hydrogen-bond acceptors (Lipinski definition) is 4. The molecule has 0 aliphatic carbocycles. The summed E-state index contributed by atoms with van der Waals surface area (Å²) in [5, 5.41) is 0. The summed E-state index contributed by atoms with van der Waals surface area (Å²) in [7, 11) is 0. The number of nitrogens with zero attached hydrogens (tertiary/aromatic N) is 3. The minimum Gasteiger partial charge on any atom is -0.368 e. The molecule has 0 bridgehead atoms. The monoisotopic (exact) mass is 348 g/mol. The number of benzene rings is 2. The Morgan fingerprint density at radius 1 is 0.808 bits per heavy atom. The molecule has 0 aliphatic heterocycles. The van der Waals surface area contributed by atoms with E-state index in [0.717, 1.165) is 11.1 Å². The fourth-order valence-corrected chi connectivity index (χ4v) is 2.84. The Balaban J connectivity index is 1.83. The maximum atomic E-state index is 13.5. The lowest BCUT2D eigenvalue weighted by atomic mass is 10.1. The molecule has 26 heavy (non-hydrogen) atoms. The molecule has 0 spiro atoms. The van der Waals surface area contributed by atoms with Gasteiger partial charge < -0.3 is 5.73 Å². The molecule has 2 aromatic carbocycles. The Hall–Kier alpha value is -3.41. The molecule has 0 radical (unpaired) electrons. The van der Waals surface area contributed by atoms with Gasteiger partial charge in [-0.05, 0) is 54.1 Å². The SMILES string of the molecule is Nc1nc(Cc2cccc(F)c2)c2nc(-c3ccc(F)cc3)ccc2n1. The smallest absolute Gasteiger partial charge is 0.220 e. The molecule has 6 heteroatoms. The highest BCUT2D eigenvalue weighted by Gasteiger charge is 2.11. The summed E-state index contributed by atoms with van der Waals surface area (Å²) in [6.45, 7) is 0. The molecule has 2 N–H and O–H groups in total. The van der Waals surface area contributed by atoms with Gasteiger partial charge in [0.15, 0.2) is 0 Å². The Labute approximate surface area is 148 Å². The zero-order valence-corrected chi connectivity index (χ0v) is 13.7. The van der Waals surface area contributed by atoms with Crippen molar-refractivity contribution in [2.24, 2.45) is 0 Å². The minimum absolute atomic E-state index is 0.139. The maximum Gasteiger partial charge on any atom is 0.220 e. The molecular formula is C20H14F2N4. The van der Waals surface area contributed by atoms with E-state index < -0.39 is 0 Å². The van der Waals surface area contributed by atoms with E-state index in [2.05, 4.69) is 15.0 Å². The first kappa shape index (κ1) is 16.1. The van der Waals surface area contributed by atoms with Crippen LogP contribution in [0.4, 0.5) is 14.7 Å². The number of hydrogen-bond donors (Lipinski definition) is 1. The van der Waals surface area contributed by atoms with Gasteiger partial charge in [-0.25, -0.2) is 23.7 Å². The molecule has 4 nitrogen and oxygen atoms in total. The standard InChI is InChI=1S/C20H14F2N4/c21-14-6-4-13(5-7-14)16-8-9-17-19(24-16)18(26-20(23)25-17)11-12-2-1-3-15(22)10-12/h1-10H,11H2,(H2,23,25,26). The Morgan fingerprint density at radius 3 is 2.38 bits per heavy atom. The largest absolute Gasteiger partial charge is 0.368 e. The van der Waals surface area contributed by atoms with Crippen LogP contribution in [0.1, 0.15) is 11.3 Å². The molecule has 2 aromatic heterocycles. The Bertz CT molecular complexity index is 1090. The van der Waals surface area contributed by atoms with Crippen LogP contribution >= 0.6 is 0 Å². The summed E-state index contributed by atoms with van der Waals surface area (Å²) in [5.41, 5.74) is 9.83. The van der Waals surface area contributed by atoms with Crippen LogP contribution in [0.25, 0.3) is 22.3 Å². The highest BCUT2D eigenvalue weighted by Crippen LogP contribution is 2.24. The van der Waals surface area contributed by atoms with Gasteiger partial charge >= 0.3 is 0 Å². The molecule has 0 aliphatic rings. The van der Waals surface area contributed by atoms with Crippen molar-refractivity contribution < 1.29 is 8.78 Å². The van der Waals surface area contributed by atoms with Crippen molar-refractivity contribution in [1.29, 1.82) is 0 Å². The summed E-state index contributed by atoms with van der Waals surface area (Å²) in [5.74, 6) is -0.480. The molecule has 4 rings (SSSR count). The number of nitrogen functional groups attached to an aromatic ring is 1. The predicted octanol–water partition coefficient (Wildman–Crippen LogP) is 4.14. The van der Waals surface area contributed by atoms with Crippen LogP contribution < -0.4 is 5.73 Å². The highest BCUT2D eigenvalue weighted by molar-refractivity contribution is 5.81. The van der Waals surface area contributed by atoms with Gasteiger partial charge in [0.25, 0.3) is 0 Å². The van der Waals surface area contributed by atoms with Gasteiger partial charge in [-0.3, -0.25) is 0 Å². The van der Waals surface area contributed by atoms with Crippen LogP contribution in [-0.4, -0.2) is 15.0 Å². The van der Waals surface area contributed by atoms with E-state index in [1.54, 1.807) is 30.3 Å². The normalized spacial score (nSPS) is 11.0. The van der Waals surface area contributed by atoms with Crippen LogP contribution in [0, 0.1) is 11.6 Å². The van der Waals surface area contributed by atoms with E-state index in [1.807, 2.05) is 6.07 Å². The molecule has 2 heterocycles. The second-order valence-corrected chi connectivity index (χ2v) is 5.91. The van der Waals surface area contributed by atoms with Crippen LogP contribution in [0.3, 0.4) is 0 Å². The van der Waals surface area contributed by atoms with Crippen molar-refractivity contribution in [1.82, 2.24) is 15.0 Å². The summed E-state index contributed by atoms with van der Waals surface area (Å²) >= 11 is 0. The van der Waals surface area contributed by atoms with E-state index in [1.165, 1.54) is 24.3 Å². The van der Waals surface area contributed by atoms with E-state index in [9.17, 15) is 8.78 Å². The zero-order chi connectivity index (χ0) is 18.1. The topological polar surface area (TPSA) is 64.7 Å². The van der Waals surface area contributed by atoms with Gasteiger partial charge in [0.1, 0.15) is 17.2 Å². The third kappa shape index (κ3) is 3.21. The number of anilines is 1. The van der Waals surface area contributed by atoms with Crippen molar-refractivity contribution in [2.75, 3.05) is 5.73 Å². The number of aromatic nitrogens is 3. The predicted molar refractivity (Wildman–Crippen MR) is 96.3 cm³/mol. The first-order chi connectivity index (χ1) is 12.6. The van der Waals surface area contributed by atoms with Gasteiger partial charge in [0.2, 0.25) is 5.95 Å². The van der Waals surface area contributed by atoms with Gasteiger partial charge in [-0.1, -0.05) is 12.1 Å². The minimum atomic E-state index is -0.311. The number of nitrogens with two attached hydrogens (primary N) is 1. The first-order valence-corrected chi connectivity index (χ1v) is 8.02. The van der Waals surface area contributed by atoms with E-state index in [-0.39, 0.29) is 17.6 Å². The van der Waals surface area contributed by atoms with Gasteiger partial charge in [-0.2, -0.15) is 0 Å². The maximum absolute atomic E-state index is 13.5. The van der Waals surface area contributed by atoms with E-state index >= 15 is 0 Å². The summed E-state index contributed by atoms with van der Waals surface area (Å²) in [4.78, 5) is 13.1. The molecule has 4 aromatic rings. The lowest BCUT2D eigenvalue weighted by Crippen LogP contribution is -2.03. The lowest BCUT2D eigenvalue weighted by Gasteiger charge is -2.08. The number of rotatable bonds is 3. The molecular weight excluding hydrogens is 334 g/mol. The Morgan fingerprint density at radius 2 is 1.62 bits per heavy atom.